The molecule has 0 fully saturated rings. The molecule has 0 aliphatic rings. The van der Waals surface area contributed by atoms with Crippen LogP contribution in [0, 0.1) is 11.3 Å². The van der Waals surface area contributed by atoms with E-state index >= 15 is 0 Å². The van der Waals surface area contributed by atoms with Crippen LogP contribution in [0.4, 0.5) is 0 Å². The van der Waals surface area contributed by atoms with Gasteiger partial charge in [-0.15, -0.1) is 0 Å². The van der Waals surface area contributed by atoms with E-state index in [1.165, 1.54) is 0 Å². The summed E-state index contributed by atoms with van der Waals surface area (Å²) in [5.74, 6) is -0.561. The van der Waals surface area contributed by atoms with Crippen LogP contribution in [0.25, 0.3) is 0 Å². The molecular weight excluding hydrogens is 198 g/mol. The number of ether oxygens (including phenoxy) is 1. The second-order valence-electron chi connectivity index (χ2n) is 2.67. The fraction of sp³-hybridized carbons (Fsp3) is 0.600. The van der Waals surface area contributed by atoms with Crippen LogP contribution in [0.2, 0.25) is 0 Å². The summed E-state index contributed by atoms with van der Waals surface area (Å²) >= 11 is 0. The van der Waals surface area contributed by atoms with Gasteiger partial charge in [0.2, 0.25) is 0 Å². The number of carbonyl (C=O) groups is 1. The molecule has 0 bridgehead atoms. The molecule has 0 N–H and O–H groups in total. The maximum atomic E-state index is 11.0. The summed E-state index contributed by atoms with van der Waals surface area (Å²) in [4.78, 5) is 20.0. The topological polar surface area (TPSA) is 68.6 Å². The van der Waals surface area contributed by atoms with Crippen molar-refractivity contribution in [2.24, 2.45) is 0 Å². The van der Waals surface area contributed by atoms with Crippen molar-refractivity contribution in [3.8, 4) is 6.07 Å². The monoisotopic (exact) mass is 213 g/mol. The molecule has 5 heteroatoms. The summed E-state index contributed by atoms with van der Waals surface area (Å²) in [6, 6.07) is 1.94. The summed E-state index contributed by atoms with van der Waals surface area (Å²) < 4.78 is 4.98. The third-order valence-electron chi connectivity index (χ3n) is 1.52. The Kier molecular flexibility index (Phi) is 8.34. The Hall–Kier alpha value is -1.38. The molecule has 0 saturated carbocycles. The minimum atomic E-state index is -0.561. The number of rotatable bonds is 8. The van der Waals surface area contributed by atoms with Gasteiger partial charge in [-0.05, 0) is 6.42 Å². The van der Waals surface area contributed by atoms with E-state index in [4.69, 9.17) is 10.00 Å². The minimum Gasteiger partial charge on any atom is -0.378 e. The van der Waals surface area contributed by atoms with E-state index in [9.17, 15) is 4.79 Å². The highest BCUT2D eigenvalue weighted by molar-refractivity contribution is 5.87. The Morgan fingerprint density at radius 2 is 2.13 bits per heavy atom. The molecule has 0 aromatic carbocycles. The number of hydrogen-bond donors (Lipinski definition) is 0. The maximum Gasteiger partial charge on any atom is 0.368 e. The molecule has 0 aliphatic heterocycles. The summed E-state index contributed by atoms with van der Waals surface area (Å²) in [7, 11) is 0. The van der Waals surface area contributed by atoms with Crippen molar-refractivity contribution in [1.29, 1.82) is 5.26 Å². The van der Waals surface area contributed by atoms with E-state index in [1.54, 1.807) is 6.92 Å². The van der Waals surface area contributed by atoms with Crippen LogP contribution >= 0.6 is 0 Å². The lowest BCUT2D eigenvalue weighted by molar-refractivity contribution is -0.272. The van der Waals surface area contributed by atoms with Gasteiger partial charge in [-0.25, -0.2) is 4.79 Å². The molecule has 84 valence electrons. The first-order valence-electron chi connectivity index (χ1n) is 4.68. The lowest BCUT2D eigenvalue weighted by Crippen LogP contribution is -2.11. The van der Waals surface area contributed by atoms with E-state index in [0.717, 1.165) is 0 Å². The van der Waals surface area contributed by atoms with Gasteiger partial charge < -0.3 is 4.74 Å². The van der Waals surface area contributed by atoms with Crippen LogP contribution in [0.3, 0.4) is 0 Å². The number of carbonyl (C=O) groups excluding carboxylic acids is 1. The van der Waals surface area contributed by atoms with Crippen LogP contribution < -0.4 is 0 Å². The molecule has 0 spiro atoms. The molecule has 0 rings (SSSR count). The quantitative estimate of drug-likeness (QED) is 0.263. The van der Waals surface area contributed by atoms with Crippen LogP contribution in [0.5, 0.6) is 0 Å². The van der Waals surface area contributed by atoms with Gasteiger partial charge in [-0.3, -0.25) is 4.89 Å². The Morgan fingerprint density at radius 1 is 1.40 bits per heavy atom. The van der Waals surface area contributed by atoms with Crippen LogP contribution in [-0.4, -0.2) is 25.8 Å². The van der Waals surface area contributed by atoms with E-state index in [1.807, 2.05) is 6.07 Å². The number of nitrogens with zero attached hydrogens (tertiary/aromatic N) is 1. The predicted octanol–water partition coefficient (Wildman–Crippen LogP) is 1.36. The summed E-state index contributed by atoms with van der Waals surface area (Å²) in [6.45, 7) is 6.08. The van der Waals surface area contributed by atoms with Gasteiger partial charge in [0.05, 0.1) is 25.7 Å². The molecule has 15 heavy (non-hydrogen) atoms. The number of nitriles is 1. The molecule has 0 saturated heterocycles. The molecule has 0 unspecified atom stereocenters. The fourth-order valence-corrected chi connectivity index (χ4v) is 0.611. The highest BCUT2D eigenvalue weighted by atomic mass is 17.2. The van der Waals surface area contributed by atoms with Gasteiger partial charge in [0.25, 0.3) is 0 Å². The molecule has 0 aromatic heterocycles. The molecule has 0 aliphatic carbocycles. The third-order valence-corrected chi connectivity index (χ3v) is 1.52. The molecule has 5 nitrogen and oxygen atoms in total. The normalized spacial score (nSPS) is 9.33. The predicted molar refractivity (Wildman–Crippen MR) is 52.5 cm³/mol. The molecule has 0 aromatic rings. The van der Waals surface area contributed by atoms with Crippen LogP contribution in [0.15, 0.2) is 12.2 Å². The largest absolute Gasteiger partial charge is 0.378 e. The van der Waals surface area contributed by atoms with Crippen molar-refractivity contribution in [2.75, 3.05) is 19.8 Å². The fourth-order valence-electron chi connectivity index (χ4n) is 0.611. The van der Waals surface area contributed by atoms with E-state index in [2.05, 4.69) is 16.4 Å². The zero-order valence-electron chi connectivity index (χ0n) is 8.82. The molecule has 0 amide bonds. The minimum absolute atomic E-state index is 0.147. The van der Waals surface area contributed by atoms with Gasteiger partial charge in [-0.1, -0.05) is 13.5 Å². The Bertz CT molecular complexity index is 244. The lowest BCUT2D eigenvalue weighted by Gasteiger charge is -2.04. The van der Waals surface area contributed by atoms with Crippen molar-refractivity contribution in [2.45, 2.75) is 19.8 Å². The van der Waals surface area contributed by atoms with Gasteiger partial charge in [-0.2, -0.15) is 10.1 Å². The first-order chi connectivity index (χ1) is 7.22. The first-order valence-corrected chi connectivity index (χ1v) is 4.68. The van der Waals surface area contributed by atoms with Crippen molar-refractivity contribution < 1.29 is 19.3 Å². The van der Waals surface area contributed by atoms with E-state index in [0.29, 0.717) is 25.0 Å². The molecule has 0 heterocycles. The van der Waals surface area contributed by atoms with Crippen LogP contribution in [-0.2, 0) is 19.3 Å². The zero-order chi connectivity index (χ0) is 11.5. The zero-order valence-corrected chi connectivity index (χ0v) is 8.82. The second kappa shape index (κ2) is 9.19. The lowest BCUT2D eigenvalue weighted by atomic mass is 10.2. The van der Waals surface area contributed by atoms with Gasteiger partial charge in [0.15, 0.2) is 0 Å². The maximum absolute atomic E-state index is 11.0. The average Bonchev–Trinajstić information content (AvgIpc) is 2.26. The standard InChI is InChI=1S/C10H15NO4/c1-3-9(2)10(12)15-14-8-7-13-6-4-5-11/h2-4,6-8H2,1H3. The smallest absolute Gasteiger partial charge is 0.368 e. The molecular formula is C10H15NO4. The van der Waals surface area contributed by atoms with E-state index < -0.39 is 5.97 Å². The second-order valence-corrected chi connectivity index (χ2v) is 2.67. The van der Waals surface area contributed by atoms with Gasteiger partial charge in [0, 0.05) is 5.57 Å². The molecule has 0 atom stereocenters. The van der Waals surface area contributed by atoms with Gasteiger partial charge >= 0.3 is 5.97 Å². The SMILES string of the molecule is C=C(CC)C(=O)OOCCOCCC#N. The Morgan fingerprint density at radius 3 is 2.73 bits per heavy atom. The first kappa shape index (κ1) is 13.6. The average molecular weight is 213 g/mol. The Labute approximate surface area is 89.2 Å². The van der Waals surface area contributed by atoms with E-state index in [-0.39, 0.29) is 13.2 Å². The third kappa shape index (κ3) is 7.67. The Balaban J connectivity index is 3.28. The van der Waals surface area contributed by atoms with Crippen molar-refractivity contribution >= 4 is 5.97 Å². The number of hydrogen-bond acceptors (Lipinski definition) is 5. The summed E-state index contributed by atoms with van der Waals surface area (Å²) in [5, 5.41) is 8.19. The van der Waals surface area contributed by atoms with Crippen molar-refractivity contribution in [3.63, 3.8) is 0 Å². The summed E-state index contributed by atoms with van der Waals surface area (Å²) in [6.07, 6.45) is 0.868. The van der Waals surface area contributed by atoms with Crippen LogP contribution in [0.1, 0.15) is 19.8 Å². The van der Waals surface area contributed by atoms with Gasteiger partial charge in [0.1, 0.15) is 6.61 Å². The summed E-state index contributed by atoms with van der Waals surface area (Å²) in [5.41, 5.74) is 0.361. The highest BCUT2D eigenvalue weighted by Gasteiger charge is 2.06. The molecule has 0 radical (unpaired) electrons. The van der Waals surface area contributed by atoms with Crippen molar-refractivity contribution in [3.05, 3.63) is 12.2 Å². The van der Waals surface area contributed by atoms with Crippen molar-refractivity contribution in [1.82, 2.24) is 0 Å². The highest BCUT2D eigenvalue weighted by Crippen LogP contribution is 1.99.